The molecule has 4 bridgehead atoms. The summed E-state index contributed by atoms with van der Waals surface area (Å²) in [5.41, 5.74) is 3.47. The smallest absolute Gasteiger partial charge is 0.266 e. The predicted molar refractivity (Wildman–Crippen MR) is 133 cm³/mol. The van der Waals surface area contributed by atoms with Gasteiger partial charge in [-0.3, -0.25) is 9.69 Å². The summed E-state index contributed by atoms with van der Waals surface area (Å²) < 4.78 is 2.61. The van der Waals surface area contributed by atoms with Crippen LogP contribution in [0.3, 0.4) is 0 Å². The van der Waals surface area contributed by atoms with E-state index in [-0.39, 0.29) is 11.3 Å². The summed E-state index contributed by atoms with van der Waals surface area (Å²) in [4.78, 5) is 15.3. The number of benzene rings is 1. The quantitative estimate of drug-likeness (QED) is 0.324. The van der Waals surface area contributed by atoms with Crippen LogP contribution in [-0.4, -0.2) is 31.5 Å². The predicted octanol–water partition coefficient (Wildman–Crippen LogP) is 5.73. The Morgan fingerprint density at radius 2 is 1.78 bits per heavy atom. The van der Waals surface area contributed by atoms with Gasteiger partial charge in [0.05, 0.1) is 16.3 Å². The summed E-state index contributed by atoms with van der Waals surface area (Å²) >= 11 is 6.86. The minimum Gasteiger partial charge on any atom is -0.289 e. The number of para-hydroxylation sites is 1. The molecule has 6 heteroatoms. The molecule has 4 nitrogen and oxygen atoms in total. The van der Waals surface area contributed by atoms with Crippen LogP contribution in [0.15, 0.2) is 54.1 Å². The highest BCUT2D eigenvalue weighted by Gasteiger charge is 2.53. The number of amides is 1. The second-order valence-electron chi connectivity index (χ2n) is 9.99. The second kappa shape index (κ2) is 7.70. The van der Waals surface area contributed by atoms with Gasteiger partial charge in [-0.05, 0) is 74.5 Å². The number of carbonyl (C=O) groups excluding carboxylic acids is 1. The van der Waals surface area contributed by atoms with E-state index in [2.05, 4.69) is 24.9 Å². The molecule has 32 heavy (non-hydrogen) atoms. The first kappa shape index (κ1) is 20.4. The van der Waals surface area contributed by atoms with Crippen molar-refractivity contribution in [1.82, 2.24) is 14.7 Å². The van der Waals surface area contributed by atoms with E-state index in [1.807, 2.05) is 29.0 Å². The zero-order valence-corrected chi connectivity index (χ0v) is 19.7. The van der Waals surface area contributed by atoms with Gasteiger partial charge < -0.3 is 0 Å². The first-order chi connectivity index (χ1) is 15.5. The standard InChI is InChI=1S/C26H27N3OS2/c1-2-8-28-24(30)22(32-25(28)31)12-20-16-29(21-6-4-3-5-7-21)27-23(20)26-13-17-9-18(14-26)11-19(10-17)15-26/h2-7,12,16-19H,1,8-11,13-15H2/b22-12-. The van der Waals surface area contributed by atoms with Gasteiger partial charge in [-0.15, -0.1) is 6.58 Å². The minimum atomic E-state index is -0.0242. The lowest BCUT2D eigenvalue weighted by atomic mass is 9.48. The van der Waals surface area contributed by atoms with Crippen molar-refractivity contribution in [3.63, 3.8) is 0 Å². The number of thioether (sulfide) groups is 1. The summed E-state index contributed by atoms with van der Waals surface area (Å²) in [6.45, 7) is 4.22. The average Bonchev–Trinajstić information content (AvgIpc) is 3.31. The molecule has 0 unspecified atom stereocenters. The number of aromatic nitrogens is 2. The molecule has 1 aliphatic heterocycles. The fourth-order valence-corrected chi connectivity index (χ4v) is 8.21. The Morgan fingerprint density at radius 3 is 2.41 bits per heavy atom. The Morgan fingerprint density at radius 1 is 1.12 bits per heavy atom. The number of nitrogens with zero attached hydrogens (tertiary/aromatic N) is 3. The monoisotopic (exact) mass is 461 g/mol. The molecule has 1 amide bonds. The van der Waals surface area contributed by atoms with Gasteiger partial charge in [0.15, 0.2) is 0 Å². The first-order valence-corrected chi connectivity index (χ1v) is 12.8. The summed E-state index contributed by atoms with van der Waals surface area (Å²) in [5, 5.41) is 5.20. The van der Waals surface area contributed by atoms with E-state index in [1.165, 1.54) is 56.0 Å². The van der Waals surface area contributed by atoms with E-state index in [0.29, 0.717) is 15.8 Å². The van der Waals surface area contributed by atoms with Gasteiger partial charge in [-0.1, -0.05) is 48.3 Å². The second-order valence-corrected chi connectivity index (χ2v) is 11.7. The molecule has 1 aromatic heterocycles. The summed E-state index contributed by atoms with van der Waals surface area (Å²) in [6, 6.07) is 10.3. The van der Waals surface area contributed by atoms with Crippen LogP contribution in [0.25, 0.3) is 11.8 Å². The van der Waals surface area contributed by atoms with Gasteiger partial charge in [0.2, 0.25) is 0 Å². The van der Waals surface area contributed by atoms with E-state index < -0.39 is 0 Å². The Hall–Kier alpha value is -2.18. The van der Waals surface area contributed by atoms with Gasteiger partial charge in [-0.25, -0.2) is 4.68 Å². The zero-order valence-electron chi connectivity index (χ0n) is 18.1. The molecule has 1 saturated heterocycles. The zero-order chi connectivity index (χ0) is 21.9. The molecule has 2 aromatic rings. The van der Waals surface area contributed by atoms with Gasteiger partial charge in [0.1, 0.15) is 4.32 Å². The third-order valence-corrected chi connectivity index (χ3v) is 9.15. The fraction of sp³-hybridized carbons (Fsp3) is 0.423. The van der Waals surface area contributed by atoms with Gasteiger partial charge in [0, 0.05) is 23.7 Å². The van der Waals surface area contributed by atoms with E-state index in [0.717, 1.165) is 29.0 Å². The van der Waals surface area contributed by atoms with Crippen molar-refractivity contribution in [3.8, 4) is 5.69 Å². The summed E-state index contributed by atoms with van der Waals surface area (Å²) in [6.07, 6.45) is 13.8. The SMILES string of the molecule is C=CCN1C(=O)/C(=C/c2cn(-c3ccccc3)nc2C23CC4CC(CC(C4)C2)C3)SC1=S. The normalized spacial score (nSPS) is 32.3. The van der Waals surface area contributed by atoms with Crippen LogP contribution < -0.4 is 0 Å². The molecule has 0 radical (unpaired) electrons. The minimum absolute atomic E-state index is 0.0242. The Labute approximate surface area is 198 Å². The van der Waals surface area contributed by atoms with Crippen LogP contribution in [0.1, 0.15) is 49.8 Å². The highest BCUT2D eigenvalue weighted by atomic mass is 32.2. The van der Waals surface area contributed by atoms with Crippen molar-refractivity contribution >= 4 is 40.3 Å². The number of carbonyl (C=O) groups is 1. The number of hydrogen-bond acceptors (Lipinski definition) is 4. The molecule has 164 valence electrons. The largest absolute Gasteiger partial charge is 0.289 e. The van der Waals surface area contributed by atoms with Crippen molar-refractivity contribution in [2.45, 2.75) is 43.9 Å². The Kier molecular flexibility index (Phi) is 4.92. The topological polar surface area (TPSA) is 38.1 Å². The van der Waals surface area contributed by atoms with E-state index in [9.17, 15) is 4.79 Å². The number of rotatable bonds is 5. The molecule has 5 fully saturated rings. The highest BCUT2D eigenvalue weighted by Crippen LogP contribution is 2.61. The van der Waals surface area contributed by atoms with Gasteiger partial charge >= 0.3 is 0 Å². The van der Waals surface area contributed by atoms with Gasteiger partial charge in [0.25, 0.3) is 5.91 Å². The van der Waals surface area contributed by atoms with Crippen LogP contribution in [0, 0.1) is 17.8 Å². The Bertz CT molecular complexity index is 1100. The average molecular weight is 462 g/mol. The molecule has 0 atom stereocenters. The van der Waals surface area contributed by atoms with E-state index in [1.54, 1.807) is 11.0 Å². The molecule has 1 aromatic carbocycles. The Balaban J connectivity index is 1.45. The van der Waals surface area contributed by atoms with Gasteiger partial charge in [-0.2, -0.15) is 5.10 Å². The lowest BCUT2D eigenvalue weighted by Gasteiger charge is -2.56. The lowest BCUT2D eigenvalue weighted by Crippen LogP contribution is -2.49. The summed E-state index contributed by atoms with van der Waals surface area (Å²) in [5.74, 6) is 2.48. The van der Waals surface area contributed by atoms with Crippen LogP contribution in [0.2, 0.25) is 0 Å². The van der Waals surface area contributed by atoms with Crippen molar-refractivity contribution < 1.29 is 4.79 Å². The molecule has 4 saturated carbocycles. The molecule has 4 aliphatic carbocycles. The third-order valence-electron chi connectivity index (χ3n) is 7.78. The van der Waals surface area contributed by atoms with E-state index in [4.69, 9.17) is 17.3 Å². The third kappa shape index (κ3) is 3.30. The lowest BCUT2D eigenvalue weighted by molar-refractivity contribution is -0.121. The van der Waals surface area contributed by atoms with Crippen LogP contribution in [-0.2, 0) is 10.2 Å². The number of hydrogen-bond donors (Lipinski definition) is 0. The van der Waals surface area contributed by atoms with Crippen LogP contribution in [0.5, 0.6) is 0 Å². The van der Waals surface area contributed by atoms with E-state index >= 15 is 0 Å². The van der Waals surface area contributed by atoms with Crippen molar-refractivity contribution in [2.75, 3.05) is 6.54 Å². The van der Waals surface area contributed by atoms with Crippen LogP contribution >= 0.6 is 24.0 Å². The maximum absolute atomic E-state index is 13.0. The molecule has 0 spiro atoms. The first-order valence-electron chi connectivity index (χ1n) is 11.6. The summed E-state index contributed by atoms with van der Waals surface area (Å²) in [7, 11) is 0. The van der Waals surface area contributed by atoms with Crippen molar-refractivity contribution in [1.29, 1.82) is 0 Å². The fourth-order valence-electron chi connectivity index (χ4n) is 6.95. The highest BCUT2D eigenvalue weighted by molar-refractivity contribution is 8.26. The van der Waals surface area contributed by atoms with Crippen molar-refractivity contribution in [3.05, 3.63) is 65.3 Å². The molecule has 0 N–H and O–H groups in total. The molecule has 5 aliphatic rings. The molecule has 7 rings (SSSR count). The molecular formula is C26H27N3OS2. The maximum Gasteiger partial charge on any atom is 0.266 e. The molecular weight excluding hydrogens is 434 g/mol. The maximum atomic E-state index is 13.0. The number of thiocarbonyl (C=S) groups is 1. The molecule has 2 heterocycles. The van der Waals surface area contributed by atoms with Crippen LogP contribution in [0.4, 0.5) is 0 Å². The van der Waals surface area contributed by atoms with Crippen molar-refractivity contribution in [2.24, 2.45) is 17.8 Å².